The van der Waals surface area contributed by atoms with Gasteiger partial charge in [0.2, 0.25) is 0 Å². The summed E-state index contributed by atoms with van der Waals surface area (Å²) in [5.41, 5.74) is 10.0. The van der Waals surface area contributed by atoms with Crippen molar-refractivity contribution in [2.24, 2.45) is 0 Å². The Morgan fingerprint density at radius 2 is 0.864 bits per heavy atom. The summed E-state index contributed by atoms with van der Waals surface area (Å²) in [5, 5.41) is 0. The molecule has 228 valence electrons. The highest BCUT2D eigenvalue weighted by atomic mass is 32.2. The molecule has 1 heterocycles. The van der Waals surface area contributed by atoms with E-state index in [0.29, 0.717) is 16.9 Å². The van der Waals surface area contributed by atoms with Gasteiger partial charge in [-0.2, -0.15) is 4.31 Å². The third-order valence-electron chi connectivity index (χ3n) is 8.33. The van der Waals surface area contributed by atoms with Crippen molar-refractivity contribution in [3.8, 4) is 28.0 Å². The Morgan fingerprint density at radius 3 is 1.23 bits per heavy atom. The highest BCUT2D eigenvalue weighted by Gasteiger charge is 2.36. The quantitative estimate of drug-likeness (QED) is 0.111. The summed E-state index contributed by atoms with van der Waals surface area (Å²) in [7, 11) is 0. The molecular weight excluding hydrogens is 564 g/mol. The van der Waals surface area contributed by atoms with E-state index >= 15 is 0 Å². The second-order valence-electron chi connectivity index (χ2n) is 12.7. The predicted molar refractivity (Wildman–Crippen MR) is 182 cm³/mol. The number of hydrogen-bond donors (Lipinski definition) is 1. The van der Waals surface area contributed by atoms with Crippen molar-refractivity contribution >= 4 is 23.9 Å². The highest BCUT2D eigenvalue weighted by Crippen LogP contribution is 2.47. The Labute approximate surface area is 266 Å². The van der Waals surface area contributed by atoms with Gasteiger partial charge < -0.3 is 4.84 Å². The standard InChI is InChI=1S/C38H42N2O3S/c1-22(2)26-16-11-17-27(23(3)4)34(26)32-20-13-21-33(35-28(24(5)6)18-12-19-29(35)25(7)8)36(32)43-39-44-40-37(41)30-14-9-10-15-31(30)38(40)42/h9-25,39H,1-8H3. The van der Waals surface area contributed by atoms with Crippen LogP contribution in [0.15, 0.2) is 78.9 Å². The van der Waals surface area contributed by atoms with Crippen LogP contribution in [0.5, 0.6) is 5.75 Å². The van der Waals surface area contributed by atoms with Crippen molar-refractivity contribution < 1.29 is 14.4 Å². The van der Waals surface area contributed by atoms with E-state index in [1.807, 2.05) is 0 Å². The van der Waals surface area contributed by atoms with Crippen LogP contribution in [-0.4, -0.2) is 16.1 Å². The number of imide groups is 1. The Morgan fingerprint density at radius 1 is 0.523 bits per heavy atom. The van der Waals surface area contributed by atoms with Gasteiger partial charge in [0.15, 0.2) is 5.75 Å². The molecule has 0 atom stereocenters. The zero-order chi connectivity index (χ0) is 31.7. The van der Waals surface area contributed by atoms with Gasteiger partial charge in [0.05, 0.1) is 23.3 Å². The zero-order valence-electron chi connectivity index (χ0n) is 26.9. The van der Waals surface area contributed by atoms with Crippen LogP contribution in [0, 0.1) is 0 Å². The minimum Gasteiger partial charge on any atom is -0.395 e. The van der Waals surface area contributed by atoms with Gasteiger partial charge in [-0.25, -0.2) is 0 Å². The topological polar surface area (TPSA) is 58.6 Å². The molecule has 0 unspecified atom stereocenters. The molecule has 0 saturated carbocycles. The molecule has 5 nitrogen and oxygen atoms in total. The molecule has 0 radical (unpaired) electrons. The second-order valence-corrected chi connectivity index (χ2v) is 13.4. The first-order chi connectivity index (χ1) is 21.0. The lowest BCUT2D eigenvalue weighted by atomic mass is 9.81. The number of nitrogens with zero attached hydrogens (tertiary/aromatic N) is 1. The number of nitrogens with one attached hydrogen (secondary N) is 1. The fourth-order valence-corrected chi connectivity index (χ4v) is 6.67. The van der Waals surface area contributed by atoms with Gasteiger partial charge in [-0.1, -0.05) is 127 Å². The fourth-order valence-electron chi connectivity index (χ4n) is 6.11. The van der Waals surface area contributed by atoms with E-state index in [0.717, 1.165) is 38.7 Å². The van der Waals surface area contributed by atoms with Gasteiger partial charge in [-0.05, 0) is 69.2 Å². The smallest absolute Gasteiger partial charge is 0.272 e. The molecule has 1 aliphatic rings. The molecule has 0 fully saturated rings. The summed E-state index contributed by atoms with van der Waals surface area (Å²) < 4.78 is 1.12. The van der Waals surface area contributed by atoms with Crippen LogP contribution < -0.4 is 9.72 Å². The van der Waals surface area contributed by atoms with E-state index in [9.17, 15) is 9.59 Å². The number of hydrogen-bond acceptors (Lipinski definition) is 5. The molecule has 0 saturated heterocycles. The maximum absolute atomic E-state index is 13.1. The van der Waals surface area contributed by atoms with Crippen LogP contribution in [-0.2, 0) is 0 Å². The molecule has 4 aromatic carbocycles. The van der Waals surface area contributed by atoms with Crippen molar-refractivity contribution in [2.45, 2.75) is 79.1 Å². The van der Waals surface area contributed by atoms with Crippen LogP contribution in [0.3, 0.4) is 0 Å². The first-order valence-electron chi connectivity index (χ1n) is 15.5. The summed E-state index contributed by atoms with van der Waals surface area (Å²) in [6.45, 7) is 17.7. The van der Waals surface area contributed by atoms with Crippen LogP contribution in [0.1, 0.15) is 122 Å². The van der Waals surface area contributed by atoms with Crippen molar-refractivity contribution in [3.63, 3.8) is 0 Å². The predicted octanol–water partition coefficient (Wildman–Crippen LogP) is 10.3. The molecule has 0 aromatic heterocycles. The number of carbonyl (C=O) groups excluding carboxylic acids is 2. The number of rotatable bonds is 10. The Balaban J connectivity index is 1.68. The van der Waals surface area contributed by atoms with Gasteiger partial charge >= 0.3 is 0 Å². The van der Waals surface area contributed by atoms with Crippen molar-refractivity contribution in [1.82, 2.24) is 9.19 Å². The lowest BCUT2D eigenvalue weighted by Gasteiger charge is -2.26. The summed E-state index contributed by atoms with van der Waals surface area (Å²) in [4.78, 5) is 35.7. The van der Waals surface area contributed by atoms with Crippen LogP contribution >= 0.6 is 12.1 Å². The van der Waals surface area contributed by atoms with E-state index < -0.39 is 0 Å². The molecule has 2 amide bonds. The van der Waals surface area contributed by atoms with Crippen molar-refractivity contribution in [3.05, 3.63) is 112 Å². The summed E-state index contributed by atoms with van der Waals surface area (Å²) in [5.74, 6) is 1.09. The Hall–Kier alpha value is -3.87. The third kappa shape index (κ3) is 5.81. The first-order valence-corrected chi connectivity index (χ1v) is 16.3. The normalized spacial score (nSPS) is 13.1. The monoisotopic (exact) mass is 606 g/mol. The summed E-state index contributed by atoms with van der Waals surface area (Å²) in [6.07, 6.45) is 0. The maximum Gasteiger partial charge on any atom is 0.272 e. The molecule has 1 aliphatic heterocycles. The molecule has 0 aliphatic carbocycles. The van der Waals surface area contributed by atoms with Crippen molar-refractivity contribution in [2.75, 3.05) is 0 Å². The fraction of sp³-hybridized carbons (Fsp3) is 0.316. The number of amides is 2. The van der Waals surface area contributed by atoms with E-state index in [-0.39, 0.29) is 35.5 Å². The minimum atomic E-state index is -0.361. The van der Waals surface area contributed by atoms with E-state index in [1.54, 1.807) is 24.3 Å². The van der Waals surface area contributed by atoms with Gasteiger partial charge in [-0.3, -0.25) is 9.59 Å². The second kappa shape index (κ2) is 13.0. The van der Waals surface area contributed by atoms with Crippen LogP contribution in [0.4, 0.5) is 0 Å². The largest absolute Gasteiger partial charge is 0.395 e. The van der Waals surface area contributed by atoms with Gasteiger partial charge in [0.1, 0.15) is 0 Å². The molecule has 1 N–H and O–H groups in total. The van der Waals surface area contributed by atoms with E-state index in [2.05, 4.69) is 115 Å². The first kappa shape index (κ1) is 31.6. The van der Waals surface area contributed by atoms with Gasteiger partial charge in [-0.15, -0.1) is 0 Å². The number of carbonyl (C=O) groups is 2. The maximum atomic E-state index is 13.1. The number of benzene rings is 4. The third-order valence-corrected chi connectivity index (χ3v) is 9.00. The molecule has 44 heavy (non-hydrogen) atoms. The molecule has 0 spiro atoms. The van der Waals surface area contributed by atoms with Gasteiger partial charge in [0.25, 0.3) is 11.8 Å². The van der Waals surface area contributed by atoms with Crippen molar-refractivity contribution in [1.29, 1.82) is 0 Å². The molecule has 4 aromatic rings. The SMILES string of the molecule is CC(C)c1cccc(C(C)C)c1-c1cccc(-c2c(C(C)C)cccc2C(C)C)c1ONSN1C(=O)c2ccccc2C1=O. The average Bonchev–Trinajstić information content (AvgIpc) is 3.25. The summed E-state index contributed by atoms with van der Waals surface area (Å²) in [6, 6.07) is 26.3. The zero-order valence-corrected chi connectivity index (χ0v) is 27.7. The number of para-hydroxylation sites is 1. The highest BCUT2D eigenvalue weighted by molar-refractivity contribution is 7.96. The van der Waals surface area contributed by atoms with Gasteiger partial charge in [0, 0.05) is 11.1 Å². The average molecular weight is 607 g/mol. The Bertz CT molecular complexity index is 1540. The summed E-state index contributed by atoms with van der Waals surface area (Å²) >= 11 is 0.863. The van der Waals surface area contributed by atoms with E-state index in [1.165, 1.54) is 22.3 Å². The lowest BCUT2D eigenvalue weighted by molar-refractivity contribution is 0.0772. The molecule has 0 bridgehead atoms. The van der Waals surface area contributed by atoms with Crippen LogP contribution in [0.2, 0.25) is 0 Å². The lowest BCUT2D eigenvalue weighted by Crippen LogP contribution is -2.28. The molecule has 5 rings (SSSR count). The van der Waals surface area contributed by atoms with Crippen LogP contribution in [0.25, 0.3) is 22.3 Å². The minimum absolute atomic E-state index is 0.287. The van der Waals surface area contributed by atoms with E-state index in [4.69, 9.17) is 4.84 Å². The number of fused-ring (bicyclic) bond motifs is 1. The molecular formula is C38H42N2O3S. The molecule has 6 heteroatoms. The Kier molecular flexibility index (Phi) is 9.33.